The van der Waals surface area contributed by atoms with Crippen molar-refractivity contribution in [3.8, 4) is 0 Å². The molecule has 0 bridgehead atoms. The van der Waals surface area contributed by atoms with Gasteiger partial charge in [0, 0.05) is 20.1 Å². The monoisotopic (exact) mass is 558 g/mol. The van der Waals surface area contributed by atoms with Crippen LogP contribution in [0.5, 0.6) is 0 Å². The molecule has 0 fully saturated rings. The molecule has 0 atom stereocenters. The maximum Gasteiger partial charge on any atom is 0.207 e. The smallest absolute Gasteiger partial charge is 0.207 e. The fourth-order valence-corrected chi connectivity index (χ4v) is 5.65. The Morgan fingerprint density at radius 2 is 0.800 bits per heavy atom. The number of sulfone groups is 1. The van der Waals surface area contributed by atoms with Crippen molar-refractivity contribution in [2.45, 2.75) is 9.79 Å². The van der Waals surface area contributed by atoms with Gasteiger partial charge in [0.1, 0.15) is 0 Å². The Kier molecular flexibility index (Phi) is 8.05. The lowest BCUT2D eigenvalue weighted by molar-refractivity contribution is 0.596. The van der Waals surface area contributed by atoms with Gasteiger partial charge < -0.3 is 0 Å². The quantitative estimate of drug-likeness (QED) is 0.220. The van der Waals surface area contributed by atoms with Crippen LogP contribution in [0.25, 0.3) is 24.3 Å². The third-order valence-electron chi connectivity index (χ3n) is 5.17. The molecule has 0 aliphatic heterocycles. The van der Waals surface area contributed by atoms with Gasteiger partial charge in [0.15, 0.2) is 0 Å². The zero-order chi connectivity index (χ0) is 25.0. The Labute approximate surface area is 225 Å². The van der Waals surface area contributed by atoms with Gasteiger partial charge in [-0.25, -0.2) is 8.42 Å². The van der Waals surface area contributed by atoms with Crippen molar-refractivity contribution in [3.05, 3.63) is 127 Å². The normalized spacial score (nSPS) is 12.0. The maximum atomic E-state index is 13.8. The molecule has 0 saturated carbocycles. The highest BCUT2D eigenvalue weighted by molar-refractivity contribution is 7.91. The summed E-state index contributed by atoms with van der Waals surface area (Å²) in [5, 5.41) is 2.10. The minimum Gasteiger partial charge on any atom is -0.218 e. The number of hydrogen-bond acceptors (Lipinski definition) is 2. The van der Waals surface area contributed by atoms with Crippen molar-refractivity contribution in [1.82, 2.24) is 0 Å². The first-order valence-electron chi connectivity index (χ1n) is 10.4. The van der Waals surface area contributed by atoms with E-state index in [1.54, 1.807) is 60.7 Å². The second-order valence-corrected chi connectivity index (χ2v) is 11.3. The van der Waals surface area contributed by atoms with E-state index in [0.717, 1.165) is 11.1 Å². The summed E-state index contributed by atoms with van der Waals surface area (Å²) in [7, 11) is -3.92. The molecule has 4 aromatic rings. The van der Waals surface area contributed by atoms with Gasteiger partial charge in [-0.05, 0) is 82.9 Å². The topological polar surface area (TPSA) is 34.1 Å². The Morgan fingerprint density at radius 1 is 0.457 bits per heavy atom. The Morgan fingerprint density at radius 3 is 1.17 bits per heavy atom. The number of benzene rings is 4. The summed E-state index contributed by atoms with van der Waals surface area (Å²) in [6, 6.07) is 23.8. The van der Waals surface area contributed by atoms with E-state index in [1.165, 1.54) is 12.1 Å². The summed E-state index contributed by atoms with van der Waals surface area (Å²) in [6.07, 6.45) is 7.07. The van der Waals surface area contributed by atoms with Crippen LogP contribution in [0.3, 0.4) is 0 Å². The molecule has 4 rings (SSSR count). The highest BCUT2D eigenvalue weighted by atomic mass is 35.5. The molecule has 0 N–H and O–H groups in total. The lowest BCUT2D eigenvalue weighted by Crippen LogP contribution is -2.06. The van der Waals surface area contributed by atoms with E-state index in [2.05, 4.69) is 0 Å². The molecular weight excluding hydrogens is 542 g/mol. The van der Waals surface area contributed by atoms with E-state index in [9.17, 15) is 8.42 Å². The van der Waals surface area contributed by atoms with Crippen LogP contribution in [0.1, 0.15) is 22.3 Å². The first-order valence-corrected chi connectivity index (χ1v) is 13.4. The molecule has 35 heavy (non-hydrogen) atoms. The summed E-state index contributed by atoms with van der Waals surface area (Å²) in [4.78, 5) is 0.270. The third-order valence-corrected chi connectivity index (χ3v) is 8.05. The first-order chi connectivity index (χ1) is 16.7. The molecule has 0 unspecified atom stereocenters. The largest absolute Gasteiger partial charge is 0.218 e. The van der Waals surface area contributed by atoms with Crippen molar-refractivity contribution in [2.75, 3.05) is 0 Å². The van der Waals surface area contributed by atoms with Gasteiger partial charge in [0.25, 0.3) is 0 Å². The molecule has 4 aromatic carbocycles. The highest BCUT2D eigenvalue weighted by Crippen LogP contribution is 2.32. The predicted octanol–water partition coefficient (Wildman–Crippen LogP) is 9.47. The van der Waals surface area contributed by atoms with E-state index in [4.69, 9.17) is 46.4 Å². The van der Waals surface area contributed by atoms with Crippen LogP contribution in [-0.2, 0) is 9.84 Å². The van der Waals surface area contributed by atoms with Crippen LogP contribution in [0.15, 0.2) is 94.7 Å². The molecule has 0 amide bonds. The Hall–Kier alpha value is -2.53. The molecule has 0 spiro atoms. The van der Waals surface area contributed by atoms with Crippen LogP contribution in [0, 0.1) is 0 Å². The molecule has 7 heteroatoms. The standard InChI is InChI=1S/C28H18Cl4O2S/c29-23-9-3-19(4-10-23)1-7-21-17-25(31)13-15-27(21)35(33,34)28-16-14-26(32)18-22(28)8-2-20-5-11-24(30)12-6-20/h1-18H/b7-1+,8-2+. The molecule has 0 aromatic heterocycles. The summed E-state index contributed by atoms with van der Waals surface area (Å²) in [6.45, 7) is 0. The third kappa shape index (κ3) is 6.38. The van der Waals surface area contributed by atoms with Crippen molar-refractivity contribution in [3.63, 3.8) is 0 Å². The van der Waals surface area contributed by atoms with Crippen molar-refractivity contribution >= 4 is 80.5 Å². The second kappa shape index (κ2) is 11.0. The second-order valence-electron chi connectivity index (χ2n) is 7.64. The van der Waals surface area contributed by atoms with Crippen molar-refractivity contribution in [1.29, 1.82) is 0 Å². The van der Waals surface area contributed by atoms with Crippen molar-refractivity contribution in [2.24, 2.45) is 0 Å². The summed E-state index contributed by atoms with van der Waals surface area (Å²) in [5.74, 6) is 0. The van der Waals surface area contributed by atoms with Crippen LogP contribution in [0.4, 0.5) is 0 Å². The van der Waals surface area contributed by atoms with Crippen LogP contribution in [-0.4, -0.2) is 8.42 Å². The maximum absolute atomic E-state index is 13.8. The van der Waals surface area contributed by atoms with E-state index in [0.29, 0.717) is 31.2 Å². The van der Waals surface area contributed by atoms with E-state index in [1.807, 2.05) is 36.4 Å². The highest BCUT2D eigenvalue weighted by Gasteiger charge is 2.23. The average Bonchev–Trinajstić information content (AvgIpc) is 2.83. The molecule has 0 aliphatic carbocycles. The van der Waals surface area contributed by atoms with Gasteiger partial charge in [-0.15, -0.1) is 0 Å². The van der Waals surface area contributed by atoms with Gasteiger partial charge in [-0.3, -0.25) is 0 Å². The molecule has 0 radical (unpaired) electrons. The van der Waals surface area contributed by atoms with Gasteiger partial charge >= 0.3 is 0 Å². The molecule has 0 heterocycles. The van der Waals surface area contributed by atoms with Gasteiger partial charge in [0.05, 0.1) is 9.79 Å². The van der Waals surface area contributed by atoms with Crippen LogP contribution in [0.2, 0.25) is 20.1 Å². The lowest BCUT2D eigenvalue weighted by Gasteiger charge is -2.12. The number of halogens is 4. The first kappa shape index (κ1) is 25.6. The Balaban J connectivity index is 1.77. The number of hydrogen-bond donors (Lipinski definition) is 0. The minimum atomic E-state index is -3.92. The minimum absolute atomic E-state index is 0.135. The van der Waals surface area contributed by atoms with E-state index in [-0.39, 0.29) is 9.79 Å². The summed E-state index contributed by atoms with van der Waals surface area (Å²) >= 11 is 24.3. The van der Waals surface area contributed by atoms with Crippen LogP contribution < -0.4 is 0 Å². The average molecular weight is 560 g/mol. The molecule has 0 aliphatic rings. The van der Waals surface area contributed by atoms with Gasteiger partial charge in [-0.2, -0.15) is 0 Å². The van der Waals surface area contributed by atoms with Crippen LogP contribution >= 0.6 is 46.4 Å². The summed E-state index contributed by atoms with van der Waals surface area (Å²) < 4.78 is 27.6. The molecule has 2 nitrogen and oxygen atoms in total. The van der Waals surface area contributed by atoms with Crippen molar-refractivity contribution < 1.29 is 8.42 Å². The predicted molar refractivity (Wildman–Crippen MR) is 149 cm³/mol. The SMILES string of the molecule is O=S(=O)(c1ccc(Cl)cc1/C=C/c1ccc(Cl)cc1)c1ccc(Cl)cc1/C=C/c1ccc(Cl)cc1. The zero-order valence-corrected chi connectivity index (χ0v) is 22.0. The molecular formula is C28H18Cl4O2S. The molecule has 0 saturated heterocycles. The zero-order valence-electron chi connectivity index (χ0n) is 18.1. The lowest BCUT2D eigenvalue weighted by atomic mass is 10.1. The van der Waals surface area contributed by atoms with E-state index >= 15 is 0 Å². The van der Waals surface area contributed by atoms with Gasteiger partial charge in [-0.1, -0.05) is 95.0 Å². The molecule has 176 valence electrons. The fraction of sp³-hybridized carbons (Fsp3) is 0. The van der Waals surface area contributed by atoms with E-state index < -0.39 is 9.84 Å². The Bertz CT molecular complexity index is 1410. The number of rotatable bonds is 6. The summed E-state index contributed by atoms with van der Waals surface area (Å²) in [5.41, 5.74) is 2.68. The fourth-order valence-electron chi connectivity index (χ4n) is 3.43. The van der Waals surface area contributed by atoms with Gasteiger partial charge in [0.2, 0.25) is 9.84 Å².